The zero-order valence-electron chi connectivity index (χ0n) is 14.0. The molecule has 3 rings (SSSR count). The molecule has 4 unspecified atom stereocenters. The first-order chi connectivity index (χ1) is 11.6. The van der Waals surface area contributed by atoms with Crippen LogP contribution >= 0.6 is 11.8 Å². The van der Waals surface area contributed by atoms with E-state index >= 15 is 0 Å². The third-order valence-corrected chi connectivity index (χ3v) is 5.78. The number of likely N-dealkylation sites (tertiary alicyclic amines) is 1. The molecule has 1 aromatic rings. The molecule has 5 nitrogen and oxygen atoms in total. The van der Waals surface area contributed by atoms with E-state index in [1.807, 2.05) is 35.2 Å². The summed E-state index contributed by atoms with van der Waals surface area (Å²) in [6.45, 7) is 2.08. The minimum absolute atomic E-state index is 0.0262. The van der Waals surface area contributed by atoms with Crippen LogP contribution in [-0.4, -0.2) is 53.9 Å². The predicted octanol–water partition coefficient (Wildman–Crippen LogP) is 2.49. The molecule has 130 valence electrons. The van der Waals surface area contributed by atoms with Crippen molar-refractivity contribution in [2.45, 2.75) is 55.4 Å². The Morgan fingerprint density at radius 3 is 2.75 bits per heavy atom. The predicted molar refractivity (Wildman–Crippen MR) is 91.8 cm³/mol. The number of methoxy groups -OCH3 is 1. The number of nitrogens with zero attached hydrogens (tertiary/aromatic N) is 1. The second kappa shape index (κ2) is 7.57. The first-order valence-corrected chi connectivity index (χ1v) is 9.31. The van der Waals surface area contributed by atoms with E-state index in [9.17, 15) is 9.59 Å². The van der Waals surface area contributed by atoms with Crippen LogP contribution in [-0.2, 0) is 19.1 Å². The fourth-order valence-corrected chi connectivity index (χ4v) is 4.39. The molecule has 0 spiro atoms. The molecule has 2 aliphatic heterocycles. The van der Waals surface area contributed by atoms with E-state index < -0.39 is 6.10 Å². The van der Waals surface area contributed by atoms with Crippen LogP contribution in [0.4, 0.5) is 0 Å². The molecule has 1 amide bonds. The van der Waals surface area contributed by atoms with Crippen molar-refractivity contribution in [3.8, 4) is 0 Å². The van der Waals surface area contributed by atoms with E-state index in [-0.39, 0.29) is 30.1 Å². The Morgan fingerprint density at radius 2 is 2.04 bits per heavy atom. The molecule has 1 aromatic carbocycles. The van der Waals surface area contributed by atoms with Crippen molar-refractivity contribution in [2.24, 2.45) is 0 Å². The molecule has 4 atom stereocenters. The Bertz CT molecular complexity index is 594. The maximum Gasteiger partial charge on any atom is 0.335 e. The summed E-state index contributed by atoms with van der Waals surface area (Å²) in [7, 11) is 1.37. The Kier molecular flexibility index (Phi) is 5.46. The van der Waals surface area contributed by atoms with Crippen molar-refractivity contribution in [1.82, 2.24) is 4.90 Å². The molecule has 2 saturated heterocycles. The second-order valence-corrected chi connectivity index (χ2v) is 7.37. The summed E-state index contributed by atoms with van der Waals surface area (Å²) in [4.78, 5) is 27.6. The van der Waals surface area contributed by atoms with E-state index in [4.69, 9.17) is 9.47 Å². The number of hydrogen-bond acceptors (Lipinski definition) is 5. The van der Waals surface area contributed by atoms with Crippen LogP contribution in [0.5, 0.6) is 0 Å². The Balaban J connectivity index is 1.66. The van der Waals surface area contributed by atoms with Gasteiger partial charge in [0.05, 0.1) is 25.0 Å². The molecule has 2 heterocycles. The molecule has 0 aromatic heterocycles. The number of thioether (sulfide) groups is 1. The molecule has 0 saturated carbocycles. The highest BCUT2D eigenvalue weighted by Crippen LogP contribution is 2.36. The largest absolute Gasteiger partial charge is 0.467 e. The third-order valence-electron chi connectivity index (χ3n) is 4.78. The first kappa shape index (κ1) is 17.3. The summed E-state index contributed by atoms with van der Waals surface area (Å²) >= 11 is 1.55. The SMILES string of the molecule is COC(=O)C1CC2C(CCC(C)N2C(=O)CSc2ccccc2)O1. The maximum absolute atomic E-state index is 12.8. The van der Waals surface area contributed by atoms with Gasteiger partial charge >= 0.3 is 5.97 Å². The number of hydrogen-bond donors (Lipinski definition) is 0. The van der Waals surface area contributed by atoms with Gasteiger partial charge in [0.25, 0.3) is 0 Å². The Morgan fingerprint density at radius 1 is 1.29 bits per heavy atom. The fraction of sp³-hybridized carbons (Fsp3) is 0.556. The lowest BCUT2D eigenvalue weighted by Crippen LogP contribution is -2.53. The van der Waals surface area contributed by atoms with Gasteiger partial charge in [-0.1, -0.05) is 18.2 Å². The van der Waals surface area contributed by atoms with Crippen molar-refractivity contribution in [3.05, 3.63) is 30.3 Å². The number of fused-ring (bicyclic) bond motifs is 1. The van der Waals surface area contributed by atoms with Gasteiger partial charge in [-0.2, -0.15) is 0 Å². The van der Waals surface area contributed by atoms with Gasteiger partial charge in [0, 0.05) is 17.4 Å². The number of amides is 1. The van der Waals surface area contributed by atoms with Gasteiger partial charge in [0.2, 0.25) is 5.91 Å². The summed E-state index contributed by atoms with van der Waals surface area (Å²) in [6.07, 6.45) is 1.71. The number of piperidine rings is 1. The molecule has 0 radical (unpaired) electrons. The molecule has 6 heteroatoms. The summed E-state index contributed by atoms with van der Waals surface area (Å²) in [5, 5.41) is 0. The monoisotopic (exact) mass is 349 g/mol. The zero-order chi connectivity index (χ0) is 17.1. The Labute approximate surface area is 146 Å². The first-order valence-electron chi connectivity index (χ1n) is 8.32. The van der Waals surface area contributed by atoms with E-state index in [1.54, 1.807) is 11.8 Å². The maximum atomic E-state index is 12.8. The smallest absolute Gasteiger partial charge is 0.335 e. The highest BCUT2D eigenvalue weighted by Gasteiger charge is 2.47. The minimum atomic E-state index is -0.549. The number of carbonyl (C=O) groups excluding carboxylic acids is 2. The highest BCUT2D eigenvalue weighted by atomic mass is 32.2. The fourth-order valence-electron chi connectivity index (χ4n) is 3.60. The van der Waals surface area contributed by atoms with Gasteiger partial charge in [0.15, 0.2) is 6.10 Å². The van der Waals surface area contributed by atoms with E-state index in [0.717, 1.165) is 17.7 Å². The van der Waals surface area contributed by atoms with E-state index in [1.165, 1.54) is 7.11 Å². The van der Waals surface area contributed by atoms with Gasteiger partial charge in [-0.15, -0.1) is 11.8 Å². The van der Waals surface area contributed by atoms with Gasteiger partial charge in [-0.25, -0.2) is 4.79 Å². The molecule has 24 heavy (non-hydrogen) atoms. The molecule has 2 aliphatic rings. The van der Waals surface area contributed by atoms with Crippen molar-refractivity contribution in [3.63, 3.8) is 0 Å². The number of esters is 1. The number of rotatable bonds is 4. The van der Waals surface area contributed by atoms with Crippen molar-refractivity contribution >= 4 is 23.6 Å². The summed E-state index contributed by atoms with van der Waals surface area (Å²) in [6, 6.07) is 10.1. The zero-order valence-corrected chi connectivity index (χ0v) is 14.8. The van der Waals surface area contributed by atoms with Gasteiger partial charge in [-0.05, 0) is 31.9 Å². The molecule has 0 bridgehead atoms. The highest BCUT2D eigenvalue weighted by molar-refractivity contribution is 8.00. The normalized spacial score (nSPS) is 29.2. The molecule has 0 aliphatic carbocycles. The van der Waals surface area contributed by atoms with Gasteiger partial charge in [0.1, 0.15) is 0 Å². The van der Waals surface area contributed by atoms with Gasteiger partial charge in [-0.3, -0.25) is 4.79 Å². The third kappa shape index (κ3) is 3.59. The van der Waals surface area contributed by atoms with Gasteiger partial charge < -0.3 is 14.4 Å². The summed E-state index contributed by atoms with van der Waals surface area (Å²) < 4.78 is 10.6. The average molecular weight is 349 g/mol. The van der Waals surface area contributed by atoms with Crippen LogP contribution in [0.1, 0.15) is 26.2 Å². The number of carbonyl (C=O) groups is 2. The number of benzene rings is 1. The standard InChI is InChI=1S/C18H23NO4S/c1-12-8-9-15-14(10-16(23-15)18(21)22-2)19(12)17(20)11-24-13-6-4-3-5-7-13/h3-7,12,14-16H,8-11H2,1-2H3. The van der Waals surface area contributed by atoms with E-state index in [0.29, 0.717) is 12.2 Å². The van der Waals surface area contributed by atoms with E-state index in [2.05, 4.69) is 6.92 Å². The van der Waals surface area contributed by atoms with Crippen molar-refractivity contribution < 1.29 is 19.1 Å². The lowest BCUT2D eigenvalue weighted by Gasteiger charge is -2.41. The molecule has 2 fully saturated rings. The van der Waals surface area contributed by atoms with Crippen LogP contribution in [0.25, 0.3) is 0 Å². The topological polar surface area (TPSA) is 55.8 Å². The van der Waals surface area contributed by atoms with Crippen LogP contribution < -0.4 is 0 Å². The Hall–Kier alpha value is -1.53. The molecular formula is C18H23NO4S. The molecular weight excluding hydrogens is 326 g/mol. The van der Waals surface area contributed by atoms with Crippen LogP contribution in [0.15, 0.2) is 35.2 Å². The average Bonchev–Trinajstić information content (AvgIpc) is 3.04. The van der Waals surface area contributed by atoms with Crippen molar-refractivity contribution in [2.75, 3.05) is 12.9 Å². The summed E-state index contributed by atoms with van der Waals surface area (Å²) in [5.41, 5.74) is 0. The lowest BCUT2D eigenvalue weighted by molar-refractivity contribution is -0.153. The second-order valence-electron chi connectivity index (χ2n) is 6.32. The van der Waals surface area contributed by atoms with Crippen LogP contribution in [0.2, 0.25) is 0 Å². The minimum Gasteiger partial charge on any atom is -0.467 e. The summed E-state index contributed by atoms with van der Waals surface area (Å²) in [5.74, 6) is 0.170. The quantitative estimate of drug-likeness (QED) is 0.617. The van der Waals surface area contributed by atoms with Crippen LogP contribution in [0, 0.1) is 0 Å². The van der Waals surface area contributed by atoms with Crippen molar-refractivity contribution in [1.29, 1.82) is 0 Å². The number of ether oxygens (including phenoxy) is 2. The lowest BCUT2D eigenvalue weighted by atomic mass is 9.92. The van der Waals surface area contributed by atoms with Crippen LogP contribution in [0.3, 0.4) is 0 Å². The molecule has 0 N–H and O–H groups in total.